The van der Waals surface area contributed by atoms with Crippen LogP contribution in [-0.2, 0) is 13.2 Å². The molecule has 0 heterocycles. The van der Waals surface area contributed by atoms with Gasteiger partial charge in [-0.15, -0.1) is 0 Å². The maximum absolute atomic E-state index is 3.25. The normalized spacial score (nSPS) is 7.11. The van der Waals surface area contributed by atoms with Gasteiger partial charge in [0.1, 0.15) is 0 Å². The third-order valence-electron chi connectivity index (χ3n) is 0.781. The van der Waals surface area contributed by atoms with Crippen LogP contribution in [0.2, 0.25) is 0 Å². The van der Waals surface area contributed by atoms with Crippen molar-refractivity contribution in [3.05, 3.63) is 6.42 Å². The van der Waals surface area contributed by atoms with Gasteiger partial charge in [0.2, 0.25) is 0 Å². The Morgan fingerprint density at radius 2 is 1.78 bits per heavy atom. The Bertz CT molecular complexity index is 30.2. The zero-order chi connectivity index (χ0) is 7.54. The van der Waals surface area contributed by atoms with Crippen molar-refractivity contribution >= 4 is 27.2 Å². The quantitative estimate of drug-likeness (QED) is 0.544. The summed E-state index contributed by atoms with van der Waals surface area (Å²) in [6.07, 6.45) is 6.12. The van der Waals surface area contributed by atoms with E-state index in [4.69, 9.17) is 0 Å². The molecular weight excluding hydrogens is 297 g/mol. The second-order valence-electron chi connectivity index (χ2n) is 1.59. The Balaban J connectivity index is 0. The van der Waals surface area contributed by atoms with E-state index >= 15 is 0 Å². The van der Waals surface area contributed by atoms with Gasteiger partial charge in [0.05, 0.1) is 0 Å². The molecule has 0 unspecified atom stereocenters. The van der Waals surface area contributed by atoms with Crippen molar-refractivity contribution in [2.24, 2.45) is 0 Å². The molecule has 9 heavy (non-hydrogen) atoms. The molecule has 0 bridgehead atoms. The molecule has 0 aromatic carbocycles. The van der Waals surface area contributed by atoms with Gasteiger partial charge in [0.25, 0.3) is 0 Å². The minimum atomic E-state index is -0.250. The van der Waals surface area contributed by atoms with E-state index in [0.717, 1.165) is 0 Å². The van der Waals surface area contributed by atoms with Gasteiger partial charge in [0, 0.05) is 0 Å². The van der Waals surface area contributed by atoms with Crippen molar-refractivity contribution in [3.8, 4) is 0 Å². The topological polar surface area (TPSA) is 0 Å². The van der Waals surface area contributed by atoms with E-state index in [1.807, 2.05) is 0 Å². The van der Waals surface area contributed by atoms with Gasteiger partial charge in [-0.3, -0.25) is 0 Å². The molecule has 0 atom stereocenters. The fraction of sp³-hybridized carbons (Fsp3) is 0.833. The predicted molar refractivity (Wildman–Crippen MR) is 47.4 cm³/mol. The second kappa shape index (κ2) is 16.3. The third kappa shape index (κ3) is 26.2. The van der Waals surface area contributed by atoms with E-state index in [2.05, 4.69) is 47.5 Å². The van der Waals surface area contributed by atoms with Crippen LogP contribution in [0.3, 0.4) is 0 Å². The van der Waals surface area contributed by atoms with E-state index in [-0.39, 0.29) is 13.2 Å². The summed E-state index contributed by atoms with van der Waals surface area (Å²) in [7, 11) is 0. The zero-order valence-corrected chi connectivity index (χ0v) is 12.3. The van der Waals surface area contributed by atoms with Gasteiger partial charge in [-0.25, -0.2) is 0 Å². The molecule has 0 aliphatic carbocycles. The average molecular weight is 310 g/mol. The predicted octanol–water partition coefficient (Wildman–Crippen LogP) is 4.09. The molecule has 0 spiro atoms. The van der Waals surface area contributed by atoms with Gasteiger partial charge in [-0.1, -0.05) is 33.1 Å². The first kappa shape index (κ1) is 13.2. The molecule has 0 nitrogen and oxygen atoms in total. The van der Waals surface area contributed by atoms with E-state index in [1.54, 1.807) is 0 Å². The molecule has 0 amide bonds. The third-order valence-corrected chi connectivity index (χ3v) is 0.781. The summed E-state index contributed by atoms with van der Waals surface area (Å²) in [5, 5.41) is 0. The van der Waals surface area contributed by atoms with Gasteiger partial charge < -0.3 is 0 Å². The van der Waals surface area contributed by atoms with Gasteiger partial charge >= 0.3 is 40.5 Å². The summed E-state index contributed by atoms with van der Waals surface area (Å²) in [6.45, 7) is 4.38. The molecule has 0 aliphatic rings. The average Bonchev–Trinajstić information content (AvgIpc) is 1.86. The SMILES string of the molecule is CC[CH]CCC.[Br][Zn][Br]. The molecule has 0 rings (SSSR count). The van der Waals surface area contributed by atoms with E-state index in [0.29, 0.717) is 0 Å². The van der Waals surface area contributed by atoms with Crippen LogP contribution in [0.5, 0.6) is 0 Å². The molecule has 53 valence electrons. The van der Waals surface area contributed by atoms with E-state index in [1.165, 1.54) is 19.3 Å². The molecule has 0 saturated heterocycles. The standard InChI is InChI=1S/C6H13.2BrH.Zn/c1-3-5-6-4-2;;;/h5H,3-4,6H2,1-2H3;2*1H;/q;;;+2/p-2. The molecule has 1 radical (unpaired) electrons. The first-order valence-electron chi connectivity index (χ1n) is 3.27. The van der Waals surface area contributed by atoms with Crippen molar-refractivity contribution in [1.29, 1.82) is 0 Å². The minimum absolute atomic E-state index is 0.250. The number of unbranched alkanes of at least 4 members (excludes halogenated alkanes) is 3. The van der Waals surface area contributed by atoms with Crippen LogP contribution in [-0.4, -0.2) is 0 Å². The van der Waals surface area contributed by atoms with Crippen LogP contribution in [0.1, 0.15) is 33.1 Å². The Labute approximate surface area is 79.5 Å². The van der Waals surface area contributed by atoms with Crippen molar-refractivity contribution in [1.82, 2.24) is 0 Å². The van der Waals surface area contributed by atoms with Crippen LogP contribution < -0.4 is 0 Å². The molecule has 0 aromatic heterocycles. The first-order chi connectivity index (χ1) is 4.33. The zero-order valence-electron chi connectivity index (χ0n) is 6.16. The van der Waals surface area contributed by atoms with Crippen molar-refractivity contribution in [2.75, 3.05) is 0 Å². The summed E-state index contributed by atoms with van der Waals surface area (Å²) in [4.78, 5) is 0. The Morgan fingerprint density at radius 3 is 1.89 bits per heavy atom. The van der Waals surface area contributed by atoms with Gasteiger partial charge in [-0.05, 0) is 6.42 Å². The van der Waals surface area contributed by atoms with Crippen molar-refractivity contribution in [2.45, 2.75) is 33.1 Å². The first-order valence-corrected chi connectivity index (χ1v) is 17.2. The molecule has 0 aliphatic heterocycles. The maximum atomic E-state index is 3.25. The number of halogens is 2. The monoisotopic (exact) mass is 307 g/mol. The summed E-state index contributed by atoms with van der Waals surface area (Å²) >= 11 is 6.25. The molecular formula is C6H13Br2Zn. The van der Waals surface area contributed by atoms with Crippen molar-refractivity contribution < 1.29 is 13.2 Å². The van der Waals surface area contributed by atoms with Crippen molar-refractivity contribution in [3.63, 3.8) is 0 Å². The van der Waals surface area contributed by atoms with Crippen LogP contribution in [0.25, 0.3) is 0 Å². The van der Waals surface area contributed by atoms with Gasteiger partial charge in [0.15, 0.2) is 0 Å². The second-order valence-corrected chi connectivity index (χ2v) is 15.7. The Hall–Kier alpha value is 1.58. The number of rotatable bonds is 3. The summed E-state index contributed by atoms with van der Waals surface area (Å²) in [5.74, 6) is 0. The van der Waals surface area contributed by atoms with Gasteiger partial charge in [-0.2, -0.15) is 0 Å². The molecule has 0 aromatic rings. The van der Waals surface area contributed by atoms with Crippen LogP contribution in [0, 0.1) is 6.42 Å². The number of hydrogen-bond acceptors (Lipinski definition) is 0. The van der Waals surface area contributed by atoms with Crippen LogP contribution in [0.15, 0.2) is 0 Å². The summed E-state index contributed by atoms with van der Waals surface area (Å²) in [6, 6.07) is 0. The Morgan fingerprint density at radius 1 is 1.33 bits per heavy atom. The molecule has 0 fully saturated rings. The Kier molecular flexibility index (Phi) is 23.9. The molecule has 3 heteroatoms. The number of hydrogen-bond donors (Lipinski definition) is 0. The fourth-order valence-corrected chi connectivity index (χ4v) is 0.408. The van der Waals surface area contributed by atoms with Crippen LogP contribution in [0.4, 0.5) is 0 Å². The van der Waals surface area contributed by atoms with E-state index in [9.17, 15) is 0 Å². The summed E-state index contributed by atoms with van der Waals surface area (Å²) in [5.41, 5.74) is 0. The fourth-order valence-electron chi connectivity index (χ4n) is 0.408. The van der Waals surface area contributed by atoms with E-state index < -0.39 is 0 Å². The molecule has 0 saturated carbocycles. The summed E-state index contributed by atoms with van der Waals surface area (Å²) < 4.78 is 0. The molecule has 0 N–H and O–H groups in total. The van der Waals surface area contributed by atoms with Crippen LogP contribution >= 0.6 is 27.2 Å².